The molecule has 1 aliphatic heterocycles. The average Bonchev–Trinajstić information content (AvgIpc) is 3.45. The summed E-state index contributed by atoms with van der Waals surface area (Å²) in [7, 11) is -0.817. The lowest BCUT2D eigenvalue weighted by atomic mass is 9.94. The van der Waals surface area contributed by atoms with Crippen LogP contribution in [0, 0.1) is 0 Å². The van der Waals surface area contributed by atoms with Crippen LogP contribution in [-0.4, -0.2) is 81.3 Å². The lowest BCUT2D eigenvalue weighted by Crippen LogP contribution is -2.46. The molecule has 230 valence electrons. The number of aromatic nitrogens is 4. The second-order valence-electron chi connectivity index (χ2n) is 10.5. The minimum Gasteiger partial charge on any atom is -0.462 e. The van der Waals surface area contributed by atoms with Crippen molar-refractivity contribution in [3.05, 3.63) is 36.7 Å². The Balaban J connectivity index is 1.62. The third-order valence-corrected chi connectivity index (χ3v) is 8.31. The number of halogens is 1. The van der Waals surface area contributed by atoms with Crippen LogP contribution in [0.1, 0.15) is 40.3 Å². The number of ether oxygens (including phenoxy) is 2. The van der Waals surface area contributed by atoms with Crippen molar-refractivity contribution >= 4 is 36.6 Å². The number of aliphatic hydroxyl groups excluding tert-OH is 1. The molecule has 1 unspecified atom stereocenters. The molecule has 0 radical (unpaired) electrons. The Morgan fingerprint density at radius 3 is 2.60 bits per heavy atom. The van der Waals surface area contributed by atoms with Crippen molar-refractivity contribution < 1.29 is 37.4 Å². The fourth-order valence-electron chi connectivity index (χ4n) is 4.49. The molecule has 3 aromatic rings. The molecule has 0 bridgehead atoms. The minimum atomic E-state index is -4.32. The van der Waals surface area contributed by atoms with Gasteiger partial charge in [0.25, 0.3) is 0 Å². The highest BCUT2D eigenvalue weighted by atomic mass is 31.2. The average molecular weight is 610 g/mol. The molecule has 0 aliphatic carbocycles. The highest BCUT2D eigenvalue weighted by molar-refractivity contribution is 7.52. The number of para-hydroxylation sites is 1. The smallest absolute Gasteiger partial charge is 0.459 e. The number of nitrogens with two attached hydrogens (primary N) is 1. The van der Waals surface area contributed by atoms with Gasteiger partial charge in [-0.1, -0.05) is 25.1 Å². The van der Waals surface area contributed by atoms with Crippen molar-refractivity contribution in [3.8, 4) is 5.75 Å². The number of nitrogens with zero attached hydrogens (tertiary/aromatic N) is 5. The number of fused-ring (bicyclic) bond motifs is 1. The number of esters is 1. The molecular weight excluding hydrogens is 572 g/mol. The van der Waals surface area contributed by atoms with Crippen LogP contribution >= 0.6 is 7.75 Å². The van der Waals surface area contributed by atoms with Crippen LogP contribution in [0.3, 0.4) is 0 Å². The molecule has 0 amide bonds. The first-order valence-corrected chi connectivity index (χ1v) is 15.0. The number of hydrogen-bond acceptors (Lipinski definition) is 12. The summed E-state index contributed by atoms with van der Waals surface area (Å²) < 4.78 is 53.8. The van der Waals surface area contributed by atoms with Gasteiger partial charge < -0.3 is 29.7 Å². The highest BCUT2D eigenvalue weighted by Gasteiger charge is 2.56. The van der Waals surface area contributed by atoms with E-state index in [9.17, 15) is 14.5 Å². The van der Waals surface area contributed by atoms with Crippen LogP contribution in [0.2, 0.25) is 0 Å². The normalized spacial score (nSPS) is 24.5. The predicted molar refractivity (Wildman–Crippen MR) is 153 cm³/mol. The van der Waals surface area contributed by atoms with Gasteiger partial charge in [-0.3, -0.25) is 13.9 Å². The summed E-state index contributed by atoms with van der Waals surface area (Å²) in [5, 5.41) is 13.7. The summed E-state index contributed by atoms with van der Waals surface area (Å²) in [4.78, 5) is 26.9. The number of carbonyl (C=O) groups excluding carboxylic acids is 1. The van der Waals surface area contributed by atoms with Gasteiger partial charge in [0.15, 0.2) is 29.4 Å². The van der Waals surface area contributed by atoms with E-state index in [4.69, 9.17) is 24.3 Å². The Labute approximate surface area is 242 Å². The largest absolute Gasteiger partial charge is 0.462 e. The quantitative estimate of drug-likeness (QED) is 0.202. The van der Waals surface area contributed by atoms with E-state index in [-0.39, 0.29) is 23.8 Å². The zero-order valence-corrected chi connectivity index (χ0v) is 25.2. The van der Waals surface area contributed by atoms with E-state index in [0.29, 0.717) is 11.3 Å². The van der Waals surface area contributed by atoms with E-state index in [2.05, 4.69) is 20.0 Å². The van der Waals surface area contributed by atoms with Crippen LogP contribution in [0.5, 0.6) is 5.75 Å². The summed E-state index contributed by atoms with van der Waals surface area (Å²) in [5.74, 6) is -0.119. The molecule has 4 N–H and O–H groups in total. The number of rotatable bonds is 12. The van der Waals surface area contributed by atoms with Crippen LogP contribution in [-0.2, 0) is 23.4 Å². The van der Waals surface area contributed by atoms with E-state index in [1.807, 2.05) is 0 Å². The molecule has 16 heteroatoms. The summed E-state index contributed by atoms with van der Waals surface area (Å²) in [6.07, 6.45) is -4.04. The van der Waals surface area contributed by atoms with Gasteiger partial charge in [-0.15, -0.1) is 0 Å². The SMILES string of the molecule is CC[C@]1(COP(=O)(N[C@@H](C)C(=O)OC(C)C)Oc2ccccc2)O[C@@H](n2cnc3c(N(C)C)nc(N)nc32)[C@H](F)[C@@H]1O. The molecule has 14 nitrogen and oxygen atoms in total. The number of nitrogen functional groups attached to an aromatic ring is 1. The van der Waals surface area contributed by atoms with E-state index in [1.54, 1.807) is 70.1 Å². The number of aliphatic hydroxyl groups is 1. The first-order chi connectivity index (χ1) is 19.8. The van der Waals surface area contributed by atoms with Gasteiger partial charge in [-0.05, 0) is 39.3 Å². The number of alkyl halides is 1. The number of carbonyl (C=O) groups is 1. The number of benzene rings is 1. The Hall–Kier alpha value is -3.36. The Morgan fingerprint density at radius 1 is 1.29 bits per heavy atom. The fourth-order valence-corrected chi connectivity index (χ4v) is 6.04. The number of hydrogen-bond donors (Lipinski definition) is 3. The maximum atomic E-state index is 15.8. The zero-order valence-electron chi connectivity index (χ0n) is 24.3. The van der Waals surface area contributed by atoms with Crippen LogP contribution < -0.4 is 20.2 Å². The molecule has 3 heterocycles. The molecule has 42 heavy (non-hydrogen) atoms. The first kappa shape index (κ1) is 31.6. The molecule has 1 fully saturated rings. The molecule has 4 rings (SSSR count). The predicted octanol–water partition coefficient (Wildman–Crippen LogP) is 2.98. The van der Waals surface area contributed by atoms with Crippen LogP contribution in [0.25, 0.3) is 11.2 Å². The molecule has 6 atom stereocenters. The van der Waals surface area contributed by atoms with Crippen molar-refractivity contribution in [3.63, 3.8) is 0 Å². The monoisotopic (exact) mass is 609 g/mol. The van der Waals surface area contributed by atoms with Gasteiger partial charge in [-0.2, -0.15) is 15.1 Å². The zero-order chi connectivity index (χ0) is 30.8. The molecule has 1 aromatic carbocycles. The van der Waals surface area contributed by atoms with Crippen molar-refractivity contribution in [2.75, 3.05) is 31.3 Å². The summed E-state index contributed by atoms with van der Waals surface area (Å²) in [6, 6.07) is 7.09. The van der Waals surface area contributed by atoms with Crippen molar-refractivity contribution in [2.45, 2.75) is 70.4 Å². The van der Waals surface area contributed by atoms with Gasteiger partial charge in [0.1, 0.15) is 23.5 Å². The number of anilines is 2. The molecular formula is C26H37FN7O7P. The van der Waals surface area contributed by atoms with Gasteiger partial charge in [-0.25, -0.2) is 13.9 Å². The van der Waals surface area contributed by atoms with E-state index in [0.717, 1.165) is 0 Å². The summed E-state index contributed by atoms with van der Waals surface area (Å²) >= 11 is 0. The standard InChI is InChI=1S/C26H37FN7O7P/c1-7-26(13-38-42(37,41-17-11-9-8-10-12-17)32-16(4)24(36)39-15(2)3)20(35)18(27)23(40-26)34-14-29-19-21(33(5)6)30-25(28)31-22(19)34/h8-12,14-16,18,20,23,35H,7,13H2,1-6H3,(H,32,37)(H2,28,30,31)/t16-,18+,20-,23+,26+,42?/m0/s1. The lowest BCUT2D eigenvalue weighted by Gasteiger charge is -2.32. The molecule has 2 aromatic heterocycles. The number of imidazole rings is 1. The molecule has 1 saturated heterocycles. The number of nitrogens with one attached hydrogen (secondary N) is 1. The third-order valence-electron chi connectivity index (χ3n) is 6.69. The van der Waals surface area contributed by atoms with Gasteiger partial charge in [0, 0.05) is 14.1 Å². The fraction of sp³-hybridized carbons (Fsp3) is 0.538. The Bertz CT molecular complexity index is 1440. The lowest BCUT2D eigenvalue weighted by molar-refractivity contribution is -0.149. The minimum absolute atomic E-state index is 0.0535. The Kier molecular flexibility index (Phi) is 9.38. The summed E-state index contributed by atoms with van der Waals surface area (Å²) in [6.45, 7) is 5.91. The molecule has 0 spiro atoms. The van der Waals surface area contributed by atoms with Crippen LogP contribution in [0.4, 0.5) is 16.2 Å². The topological polar surface area (TPSA) is 176 Å². The highest BCUT2D eigenvalue weighted by Crippen LogP contribution is 2.49. The first-order valence-electron chi connectivity index (χ1n) is 13.4. The third kappa shape index (κ3) is 6.50. The maximum Gasteiger partial charge on any atom is 0.459 e. The van der Waals surface area contributed by atoms with Crippen molar-refractivity contribution in [1.82, 2.24) is 24.6 Å². The summed E-state index contributed by atoms with van der Waals surface area (Å²) in [5.41, 5.74) is 4.80. The van der Waals surface area contributed by atoms with E-state index >= 15 is 4.39 Å². The van der Waals surface area contributed by atoms with E-state index in [1.165, 1.54) is 17.8 Å². The molecule has 0 saturated carbocycles. The van der Waals surface area contributed by atoms with Gasteiger partial charge in [0.2, 0.25) is 5.95 Å². The molecule has 1 aliphatic rings. The van der Waals surface area contributed by atoms with E-state index < -0.39 is 56.6 Å². The van der Waals surface area contributed by atoms with Crippen molar-refractivity contribution in [1.29, 1.82) is 0 Å². The van der Waals surface area contributed by atoms with Crippen LogP contribution in [0.15, 0.2) is 36.7 Å². The second kappa shape index (κ2) is 12.5. The Morgan fingerprint density at radius 2 is 1.98 bits per heavy atom. The van der Waals surface area contributed by atoms with Crippen molar-refractivity contribution in [2.24, 2.45) is 0 Å². The van der Waals surface area contributed by atoms with Gasteiger partial charge >= 0.3 is 13.7 Å². The maximum absolute atomic E-state index is 15.8. The second-order valence-corrected chi connectivity index (χ2v) is 12.1. The van der Waals surface area contributed by atoms with Gasteiger partial charge in [0.05, 0.1) is 19.0 Å².